The van der Waals surface area contributed by atoms with Crippen LogP contribution in [0.15, 0.2) is 59.5 Å². The molecule has 4 atom stereocenters. The molecule has 13 nitrogen and oxygen atoms in total. The van der Waals surface area contributed by atoms with E-state index in [1.165, 1.54) is 23.1 Å². The van der Waals surface area contributed by atoms with Gasteiger partial charge in [0.2, 0.25) is 16.3 Å². The predicted octanol–water partition coefficient (Wildman–Crippen LogP) is 5.74. The number of benzene rings is 2. The number of carbonyl (C=O) groups is 1. The van der Waals surface area contributed by atoms with Crippen LogP contribution in [0.25, 0.3) is 0 Å². The summed E-state index contributed by atoms with van der Waals surface area (Å²) in [6, 6.07) is 12.9. The third kappa shape index (κ3) is 11.8. The second-order valence-corrected chi connectivity index (χ2v) is 15.3. The van der Waals surface area contributed by atoms with Gasteiger partial charge in [0.15, 0.2) is 0 Å². The number of alkyl carbamates (subject to hydrolysis) is 1. The Bertz CT molecular complexity index is 1390. The number of hydrogen-bond acceptors (Lipinski definition) is 10. The largest absolute Gasteiger partial charge is 0.420 e. The Labute approximate surface area is 265 Å². The van der Waals surface area contributed by atoms with Crippen LogP contribution in [0.4, 0.5) is 10.5 Å². The minimum absolute atomic E-state index is 0.0440. The van der Waals surface area contributed by atoms with Crippen molar-refractivity contribution in [1.29, 1.82) is 0 Å². The molecule has 1 saturated heterocycles. The number of rotatable bonds is 18. The Kier molecular flexibility index (Phi) is 14.0. The molecule has 15 heteroatoms. The van der Waals surface area contributed by atoms with Gasteiger partial charge in [0.1, 0.15) is 6.10 Å². The molecule has 0 bridgehead atoms. The highest BCUT2D eigenvalue weighted by molar-refractivity contribution is 7.89. The fourth-order valence-electron chi connectivity index (χ4n) is 4.74. The fraction of sp³-hybridized carbons (Fsp3) is 0.567. The molecule has 0 spiro atoms. The van der Waals surface area contributed by atoms with Gasteiger partial charge in [-0.05, 0) is 42.9 Å². The highest BCUT2D eigenvalue weighted by atomic mass is 32.2. The van der Waals surface area contributed by atoms with Gasteiger partial charge in [-0.1, -0.05) is 57.5 Å². The summed E-state index contributed by atoms with van der Waals surface area (Å²) in [5.41, 5.74) is 0.554. The van der Waals surface area contributed by atoms with E-state index in [1.54, 1.807) is 0 Å². The second kappa shape index (κ2) is 17.2. The third-order valence-corrected chi connectivity index (χ3v) is 10.1. The van der Waals surface area contributed by atoms with Gasteiger partial charge < -0.3 is 23.8 Å². The number of nitro groups is 1. The number of non-ortho nitro benzene ring substituents is 1. The van der Waals surface area contributed by atoms with Gasteiger partial charge in [0, 0.05) is 38.3 Å². The molecule has 45 heavy (non-hydrogen) atoms. The van der Waals surface area contributed by atoms with Crippen LogP contribution in [-0.4, -0.2) is 75.1 Å². The molecule has 1 aliphatic rings. The first kappa shape index (κ1) is 36.6. The van der Waals surface area contributed by atoms with E-state index in [0.29, 0.717) is 19.4 Å². The van der Waals surface area contributed by atoms with Crippen molar-refractivity contribution < 1.29 is 41.2 Å². The quantitative estimate of drug-likeness (QED) is 0.0896. The van der Waals surface area contributed by atoms with Crippen molar-refractivity contribution >= 4 is 29.4 Å². The lowest BCUT2D eigenvalue weighted by atomic mass is 10.0. The molecular weight excluding hydrogens is 625 g/mol. The van der Waals surface area contributed by atoms with Gasteiger partial charge in [-0.3, -0.25) is 14.7 Å². The Morgan fingerprint density at radius 1 is 1.16 bits per heavy atom. The molecule has 4 unspecified atom stereocenters. The first-order valence-corrected chi connectivity index (χ1v) is 18.5. The van der Waals surface area contributed by atoms with E-state index in [2.05, 4.69) is 5.32 Å². The van der Waals surface area contributed by atoms with E-state index in [0.717, 1.165) is 30.5 Å². The minimum atomic E-state index is -4.23. The van der Waals surface area contributed by atoms with Gasteiger partial charge >= 0.3 is 13.7 Å². The summed E-state index contributed by atoms with van der Waals surface area (Å²) >= 11 is 0. The molecule has 0 aliphatic carbocycles. The lowest BCUT2D eigenvalue weighted by Crippen LogP contribution is -2.52. The molecule has 1 heterocycles. The molecular formula is C30H44N3O10PS. The maximum absolute atomic E-state index is 14.0. The molecule has 1 N–H and O–H groups in total. The molecule has 2 aromatic rings. The van der Waals surface area contributed by atoms with Crippen LogP contribution in [0.2, 0.25) is 0 Å². The van der Waals surface area contributed by atoms with Gasteiger partial charge in [-0.15, -0.1) is 0 Å². The number of nitro benzene ring substituents is 1. The first-order valence-electron chi connectivity index (χ1n) is 15.1. The standard InChI is InChI=1S/C30H44N3O10PS/c1-5-6-19-41-44(4,37)43-28(22-32(21-23(2)3)45(38,39)26-16-14-25(15-17-26)33(35)36)27(20-24-11-8-7-9-12-24)31-30(34)42-29-13-10-18-40-29/h7-9,11-12,14-17,23,27-29H,5-6,10,13,18-22H2,1-4H3,(H,31,34). The smallest absolute Gasteiger partial charge is 0.409 e. The van der Waals surface area contributed by atoms with E-state index in [9.17, 15) is 27.9 Å². The molecule has 250 valence electrons. The second-order valence-electron chi connectivity index (χ2n) is 11.4. The summed E-state index contributed by atoms with van der Waals surface area (Å²) in [6.07, 6.45) is 0.253. The van der Waals surface area contributed by atoms with E-state index in [1.807, 2.05) is 51.1 Å². The average Bonchev–Trinajstić information content (AvgIpc) is 3.49. The van der Waals surface area contributed by atoms with Gasteiger partial charge in [0.05, 0.1) is 29.1 Å². The van der Waals surface area contributed by atoms with Crippen LogP contribution in [0.3, 0.4) is 0 Å². The maximum atomic E-state index is 14.0. The van der Waals surface area contributed by atoms with E-state index in [-0.39, 0.29) is 42.6 Å². The molecule has 3 rings (SSSR count). The summed E-state index contributed by atoms with van der Waals surface area (Å²) in [5, 5.41) is 14.0. The van der Waals surface area contributed by atoms with Crippen LogP contribution < -0.4 is 5.32 Å². The molecule has 1 aliphatic heterocycles. The summed E-state index contributed by atoms with van der Waals surface area (Å²) in [4.78, 5) is 23.5. The third-order valence-electron chi connectivity index (χ3n) is 6.97. The van der Waals surface area contributed by atoms with E-state index in [4.69, 9.17) is 18.5 Å². The topological polar surface area (TPSA) is 164 Å². The van der Waals surface area contributed by atoms with Gasteiger partial charge in [-0.25, -0.2) is 13.2 Å². The van der Waals surface area contributed by atoms with Crippen molar-refractivity contribution in [2.75, 3.05) is 33.0 Å². The summed E-state index contributed by atoms with van der Waals surface area (Å²) in [7, 11) is -7.98. The fourth-order valence-corrected chi connectivity index (χ4v) is 7.58. The summed E-state index contributed by atoms with van der Waals surface area (Å²) < 4.78 is 65.4. The monoisotopic (exact) mass is 669 g/mol. The molecule has 2 aromatic carbocycles. The number of nitrogens with one attached hydrogen (secondary N) is 1. The number of unbranched alkanes of at least 4 members (excludes halogenated alkanes) is 1. The molecule has 0 radical (unpaired) electrons. The van der Waals surface area contributed by atoms with Crippen LogP contribution >= 0.6 is 7.60 Å². The lowest BCUT2D eigenvalue weighted by Gasteiger charge is -2.34. The molecule has 0 saturated carbocycles. The Hall–Kier alpha value is -2.87. The van der Waals surface area contributed by atoms with E-state index >= 15 is 0 Å². The Morgan fingerprint density at radius 3 is 2.42 bits per heavy atom. The number of nitrogens with zero attached hydrogens (tertiary/aromatic N) is 2. The minimum Gasteiger partial charge on any atom is -0.420 e. The van der Waals surface area contributed by atoms with Crippen molar-refractivity contribution in [1.82, 2.24) is 9.62 Å². The van der Waals surface area contributed by atoms with Crippen molar-refractivity contribution in [3.63, 3.8) is 0 Å². The number of sulfonamides is 1. The molecule has 1 fully saturated rings. The summed E-state index contributed by atoms with van der Waals surface area (Å²) in [5.74, 6) is -0.141. The van der Waals surface area contributed by atoms with Crippen molar-refractivity contribution in [2.45, 2.75) is 76.2 Å². The van der Waals surface area contributed by atoms with Gasteiger partial charge in [0.25, 0.3) is 5.69 Å². The van der Waals surface area contributed by atoms with E-state index < -0.39 is 47.1 Å². The zero-order chi connectivity index (χ0) is 33.0. The number of amides is 1. The zero-order valence-corrected chi connectivity index (χ0v) is 27.9. The number of carbonyl (C=O) groups excluding carboxylic acids is 1. The molecule has 1 amide bonds. The average molecular weight is 670 g/mol. The van der Waals surface area contributed by atoms with Crippen LogP contribution in [-0.2, 0) is 39.5 Å². The highest BCUT2D eigenvalue weighted by Gasteiger charge is 2.37. The maximum Gasteiger partial charge on any atom is 0.409 e. The van der Waals surface area contributed by atoms with Crippen LogP contribution in [0, 0.1) is 16.0 Å². The Balaban J connectivity index is 2.01. The highest BCUT2D eigenvalue weighted by Crippen LogP contribution is 2.46. The van der Waals surface area contributed by atoms with Gasteiger partial charge in [-0.2, -0.15) is 4.31 Å². The SMILES string of the molecule is CCCCOP(C)(=O)OC(CN(CC(C)C)S(=O)(=O)c1ccc([N+](=O)[O-])cc1)C(Cc1ccccc1)NC(=O)OC1CCCO1. The van der Waals surface area contributed by atoms with Crippen molar-refractivity contribution in [3.8, 4) is 0 Å². The Morgan fingerprint density at radius 2 is 1.84 bits per heavy atom. The normalized spacial score (nSPS) is 18.0. The predicted molar refractivity (Wildman–Crippen MR) is 168 cm³/mol. The zero-order valence-electron chi connectivity index (χ0n) is 26.2. The molecule has 0 aromatic heterocycles. The number of ether oxygens (including phenoxy) is 2. The van der Waals surface area contributed by atoms with Crippen LogP contribution in [0.1, 0.15) is 52.0 Å². The summed E-state index contributed by atoms with van der Waals surface area (Å²) in [6.45, 7) is 7.32. The first-order chi connectivity index (χ1) is 21.3. The lowest BCUT2D eigenvalue weighted by molar-refractivity contribution is -0.384. The van der Waals surface area contributed by atoms with Crippen LogP contribution in [0.5, 0.6) is 0 Å². The van der Waals surface area contributed by atoms with Crippen molar-refractivity contribution in [2.24, 2.45) is 5.92 Å². The number of hydrogen-bond donors (Lipinski definition) is 1. The van der Waals surface area contributed by atoms with Crippen molar-refractivity contribution in [3.05, 3.63) is 70.3 Å².